The largest absolute Gasteiger partial charge is 0.396 e. The van der Waals surface area contributed by atoms with Crippen molar-refractivity contribution in [2.45, 2.75) is 6.04 Å². The minimum Gasteiger partial charge on any atom is -0.396 e. The maximum Gasteiger partial charge on any atom is 0.207 e. The Balaban J connectivity index is 2.34. The van der Waals surface area contributed by atoms with Gasteiger partial charge in [0.2, 0.25) is 6.41 Å². The van der Waals surface area contributed by atoms with E-state index >= 15 is 0 Å². The van der Waals surface area contributed by atoms with Crippen molar-refractivity contribution >= 4 is 6.41 Å². The highest BCUT2D eigenvalue weighted by Crippen LogP contribution is 2.06. The zero-order valence-corrected chi connectivity index (χ0v) is 5.71. The smallest absolute Gasteiger partial charge is 0.207 e. The van der Waals surface area contributed by atoms with Crippen LogP contribution >= 0.6 is 0 Å². The molecule has 4 heteroatoms. The van der Waals surface area contributed by atoms with Gasteiger partial charge in [0.1, 0.15) is 0 Å². The van der Waals surface area contributed by atoms with Gasteiger partial charge in [-0.05, 0) is 0 Å². The van der Waals surface area contributed by atoms with Crippen molar-refractivity contribution in [3.63, 3.8) is 0 Å². The van der Waals surface area contributed by atoms with Crippen molar-refractivity contribution in [3.8, 4) is 0 Å². The van der Waals surface area contributed by atoms with E-state index in [4.69, 9.17) is 5.11 Å². The first-order valence-corrected chi connectivity index (χ1v) is 3.39. The Morgan fingerprint density at radius 1 is 1.70 bits per heavy atom. The summed E-state index contributed by atoms with van der Waals surface area (Å²) >= 11 is 0. The van der Waals surface area contributed by atoms with Crippen molar-refractivity contribution in [2.24, 2.45) is 5.92 Å². The van der Waals surface area contributed by atoms with Crippen molar-refractivity contribution < 1.29 is 9.90 Å². The highest BCUT2D eigenvalue weighted by Gasteiger charge is 2.25. The molecular formula is C6H12N2O2. The predicted molar refractivity (Wildman–Crippen MR) is 36.4 cm³/mol. The van der Waals surface area contributed by atoms with E-state index in [0.717, 1.165) is 13.1 Å². The van der Waals surface area contributed by atoms with E-state index < -0.39 is 0 Å². The zero-order valence-electron chi connectivity index (χ0n) is 5.71. The van der Waals surface area contributed by atoms with Crippen molar-refractivity contribution in [1.82, 2.24) is 10.6 Å². The minimum atomic E-state index is 0.113. The molecule has 58 valence electrons. The first kappa shape index (κ1) is 7.50. The van der Waals surface area contributed by atoms with Gasteiger partial charge in [-0.25, -0.2) is 0 Å². The van der Waals surface area contributed by atoms with Gasteiger partial charge >= 0.3 is 0 Å². The molecule has 0 saturated carbocycles. The van der Waals surface area contributed by atoms with Crippen LogP contribution in [0.5, 0.6) is 0 Å². The molecule has 2 atom stereocenters. The Labute approximate surface area is 59.6 Å². The van der Waals surface area contributed by atoms with Gasteiger partial charge in [0.05, 0.1) is 0 Å². The summed E-state index contributed by atoms with van der Waals surface area (Å²) in [6, 6.07) is 0.113. The van der Waals surface area contributed by atoms with Gasteiger partial charge in [-0.3, -0.25) is 4.79 Å². The summed E-state index contributed by atoms with van der Waals surface area (Å²) in [4.78, 5) is 10.0. The third kappa shape index (κ3) is 1.46. The van der Waals surface area contributed by atoms with Gasteiger partial charge in [0, 0.05) is 31.7 Å². The molecule has 0 bridgehead atoms. The zero-order chi connectivity index (χ0) is 7.40. The van der Waals surface area contributed by atoms with E-state index in [9.17, 15) is 4.79 Å². The van der Waals surface area contributed by atoms with Gasteiger partial charge in [0.15, 0.2) is 0 Å². The number of nitrogens with one attached hydrogen (secondary N) is 2. The summed E-state index contributed by atoms with van der Waals surface area (Å²) in [5.41, 5.74) is 0. The average Bonchev–Trinajstić information content (AvgIpc) is 2.36. The average molecular weight is 144 g/mol. The van der Waals surface area contributed by atoms with E-state index in [0.29, 0.717) is 6.41 Å². The van der Waals surface area contributed by atoms with Crippen LogP contribution in [0, 0.1) is 5.92 Å². The Morgan fingerprint density at radius 2 is 2.50 bits per heavy atom. The van der Waals surface area contributed by atoms with Gasteiger partial charge < -0.3 is 15.7 Å². The number of aliphatic hydroxyl groups excluding tert-OH is 1. The van der Waals surface area contributed by atoms with Gasteiger partial charge in [-0.2, -0.15) is 0 Å². The Bertz CT molecular complexity index is 118. The molecule has 10 heavy (non-hydrogen) atoms. The van der Waals surface area contributed by atoms with E-state index in [1.807, 2.05) is 0 Å². The molecule has 1 saturated heterocycles. The summed E-state index contributed by atoms with van der Waals surface area (Å²) < 4.78 is 0. The molecule has 1 aliphatic heterocycles. The second-order valence-corrected chi connectivity index (χ2v) is 2.49. The second-order valence-electron chi connectivity index (χ2n) is 2.49. The molecule has 1 aliphatic rings. The fraction of sp³-hybridized carbons (Fsp3) is 0.833. The van der Waals surface area contributed by atoms with Gasteiger partial charge in [-0.15, -0.1) is 0 Å². The normalized spacial score (nSPS) is 32.1. The first-order valence-electron chi connectivity index (χ1n) is 3.39. The van der Waals surface area contributed by atoms with E-state index in [1.54, 1.807) is 0 Å². The minimum absolute atomic E-state index is 0.113. The topological polar surface area (TPSA) is 61.4 Å². The van der Waals surface area contributed by atoms with Crippen molar-refractivity contribution in [3.05, 3.63) is 0 Å². The van der Waals surface area contributed by atoms with Crippen LogP contribution in [-0.2, 0) is 4.79 Å². The van der Waals surface area contributed by atoms with Crippen LogP contribution < -0.4 is 10.6 Å². The van der Waals surface area contributed by atoms with Gasteiger partial charge in [-0.1, -0.05) is 0 Å². The number of aliphatic hydroxyl groups is 1. The van der Waals surface area contributed by atoms with Crippen molar-refractivity contribution in [1.29, 1.82) is 0 Å². The number of carbonyl (C=O) groups is 1. The molecule has 0 aromatic rings. The maximum atomic E-state index is 10.0. The van der Waals surface area contributed by atoms with Crippen LogP contribution in [0.15, 0.2) is 0 Å². The molecule has 0 aromatic carbocycles. The van der Waals surface area contributed by atoms with E-state index in [2.05, 4.69) is 10.6 Å². The summed E-state index contributed by atoms with van der Waals surface area (Å²) in [7, 11) is 0. The fourth-order valence-electron chi connectivity index (χ4n) is 1.21. The highest BCUT2D eigenvalue weighted by atomic mass is 16.3. The summed E-state index contributed by atoms with van der Waals surface area (Å²) in [5, 5.41) is 14.5. The summed E-state index contributed by atoms with van der Waals surface area (Å²) in [6.45, 7) is 1.70. The lowest BCUT2D eigenvalue weighted by molar-refractivity contribution is -0.110. The highest BCUT2D eigenvalue weighted by molar-refractivity contribution is 5.47. The van der Waals surface area contributed by atoms with Crippen LogP contribution in [0.4, 0.5) is 0 Å². The monoisotopic (exact) mass is 144 g/mol. The van der Waals surface area contributed by atoms with Crippen LogP contribution in [0.1, 0.15) is 0 Å². The molecule has 4 nitrogen and oxygen atoms in total. The lowest BCUT2D eigenvalue weighted by Crippen LogP contribution is -2.36. The molecular weight excluding hydrogens is 132 g/mol. The molecule has 0 aliphatic carbocycles. The molecule has 0 spiro atoms. The molecule has 1 heterocycles. The third-order valence-corrected chi connectivity index (χ3v) is 1.86. The van der Waals surface area contributed by atoms with E-state index in [-0.39, 0.29) is 18.6 Å². The predicted octanol–water partition coefficient (Wildman–Crippen LogP) is -1.69. The number of carbonyl (C=O) groups excluding carboxylic acids is 1. The lowest BCUT2D eigenvalue weighted by atomic mass is 10.1. The van der Waals surface area contributed by atoms with Crippen LogP contribution in [0.3, 0.4) is 0 Å². The number of hydrogen-bond donors (Lipinski definition) is 3. The fourth-order valence-corrected chi connectivity index (χ4v) is 1.21. The molecule has 1 unspecified atom stereocenters. The number of hydrogen-bond acceptors (Lipinski definition) is 3. The SMILES string of the molecule is O=CN[C@H]1CNCC1CO. The van der Waals surface area contributed by atoms with Crippen LogP contribution in [-0.4, -0.2) is 37.3 Å². The Morgan fingerprint density at radius 3 is 3.10 bits per heavy atom. The molecule has 0 radical (unpaired) electrons. The van der Waals surface area contributed by atoms with Gasteiger partial charge in [0.25, 0.3) is 0 Å². The standard InChI is InChI=1S/C6H12N2O2/c9-3-5-1-7-2-6(5)8-4-10/h4-7,9H,1-3H2,(H,8,10)/t5?,6-/m0/s1. The maximum absolute atomic E-state index is 10.0. The molecule has 0 aromatic heterocycles. The Hall–Kier alpha value is -0.610. The van der Waals surface area contributed by atoms with E-state index in [1.165, 1.54) is 0 Å². The van der Waals surface area contributed by atoms with Crippen LogP contribution in [0.25, 0.3) is 0 Å². The number of rotatable bonds is 3. The first-order chi connectivity index (χ1) is 4.88. The second kappa shape index (κ2) is 3.53. The Kier molecular flexibility index (Phi) is 2.65. The molecule has 1 fully saturated rings. The third-order valence-electron chi connectivity index (χ3n) is 1.86. The summed E-state index contributed by atoms with van der Waals surface area (Å²) in [5.74, 6) is 0.185. The van der Waals surface area contributed by atoms with Crippen LogP contribution in [0.2, 0.25) is 0 Å². The van der Waals surface area contributed by atoms with Crippen molar-refractivity contribution in [2.75, 3.05) is 19.7 Å². The molecule has 1 rings (SSSR count). The molecule has 3 N–H and O–H groups in total. The lowest BCUT2D eigenvalue weighted by Gasteiger charge is -2.13. The number of amides is 1. The molecule has 1 amide bonds. The summed E-state index contributed by atoms with van der Waals surface area (Å²) in [6.07, 6.45) is 0.681. The quantitative estimate of drug-likeness (QED) is 0.414.